The summed E-state index contributed by atoms with van der Waals surface area (Å²) in [6.45, 7) is 3.26. The Balaban J connectivity index is 1.94. The van der Waals surface area contributed by atoms with Crippen LogP contribution in [-0.2, 0) is 4.79 Å². The van der Waals surface area contributed by atoms with Gasteiger partial charge in [-0.05, 0) is 49.7 Å². The number of benzene rings is 2. The van der Waals surface area contributed by atoms with Gasteiger partial charge in [0.1, 0.15) is 0 Å². The van der Waals surface area contributed by atoms with E-state index < -0.39 is 5.92 Å². The summed E-state index contributed by atoms with van der Waals surface area (Å²) in [5.74, 6) is -0.740. The average molecular weight is 492 g/mol. The Kier molecular flexibility index (Phi) is 7.51. The molecule has 3 rings (SSSR count). The van der Waals surface area contributed by atoms with E-state index in [1.807, 2.05) is 0 Å². The zero-order valence-electron chi connectivity index (χ0n) is 16.6. The van der Waals surface area contributed by atoms with Gasteiger partial charge in [0, 0.05) is 21.9 Å². The summed E-state index contributed by atoms with van der Waals surface area (Å²) in [5.41, 5.74) is 2.75. The van der Waals surface area contributed by atoms with E-state index in [0.717, 1.165) is 5.56 Å². The lowest BCUT2D eigenvalue weighted by molar-refractivity contribution is -0.113. The molecular weight excluding hydrogens is 475 g/mol. The van der Waals surface area contributed by atoms with Crippen molar-refractivity contribution in [2.45, 2.75) is 19.8 Å². The summed E-state index contributed by atoms with van der Waals surface area (Å²) in [5, 5.41) is 14.9. The van der Waals surface area contributed by atoms with Crippen LogP contribution in [0.2, 0.25) is 15.1 Å². The molecule has 1 aliphatic heterocycles. The summed E-state index contributed by atoms with van der Waals surface area (Å²) in [4.78, 5) is 25.1. The summed E-state index contributed by atoms with van der Waals surface area (Å²) < 4.78 is 0. The van der Waals surface area contributed by atoms with E-state index in [1.165, 1.54) is 24.8 Å². The Morgan fingerprint density at radius 2 is 1.77 bits per heavy atom. The third kappa shape index (κ3) is 5.16. The van der Waals surface area contributed by atoms with Crippen LogP contribution in [-0.4, -0.2) is 17.3 Å². The van der Waals surface area contributed by atoms with Crippen LogP contribution in [0.3, 0.4) is 0 Å². The fraction of sp³-hybridized carbons (Fsp3) is 0.174. The van der Waals surface area contributed by atoms with Crippen molar-refractivity contribution in [3.63, 3.8) is 0 Å². The van der Waals surface area contributed by atoms with Crippen LogP contribution in [0, 0.1) is 11.3 Å². The number of nitrogens with zero attached hydrogens (tertiary/aromatic N) is 1. The number of carbonyl (C=O) groups excluding carboxylic acids is 2. The van der Waals surface area contributed by atoms with Gasteiger partial charge >= 0.3 is 0 Å². The predicted octanol–water partition coefficient (Wildman–Crippen LogP) is 6.55. The number of hydrogen-bond donors (Lipinski definition) is 1. The van der Waals surface area contributed by atoms with Gasteiger partial charge in [0.05, 0.1) is 38.4 Å². The minimum absolute atomic E-state index is 0.0848. The molecule has 0 radical (unpaired) electrons. The van der Waals surface area contributed by atoms with Gasteiger partial charge in [-0.15, -0.1) is 0 Å². The second-order valence-electron chi connectivity index (χ2n) is 6.90. The highest BCUT2D eigenvalue weighted by Gasteiger charge is 2.33. The molecule has 8 heteroatoms. The number of halogens is 3. The molecule has 0 fully saturated rings. The van der Waals surface area contributed by atoms with Gasteiger partial charge in [-0.25, -0.2) is 0 Å². The first-order chi connectivity index (χ1) is 14.7. The van der Waals surface area contributed by atoms with Crippen molar-refractivity contribution in [2.75, 3.05) is 5.75 Å². The zero-order valence-corrected chi connectivity index (χ0v) is 19.7. The molecule has 0 amide bonds. The van der Waals surface area contributed by atoms with Gasteiger partial charge in [0.25, 0.3) is 0 Å². The molecule has 2 aromatic carbocycles. The number of dihydropyridines is 1. The van der Waals surface area contributed by atoms with Crippen molar-refractivity contribution in [1.82, 2.24) is 5.32 Å². The van der Waals surface area contributed by atoms with Crippen LogP contribution in [0.15, 0.2) is 64.3 Å². The molecule has 0 spiro atoms. The van der Waals surface area contributed by atoms with Gasteiger partial charge in [0.2, 0.25) is 0 Å². The fourth-order valence-electron chi connectivity index (χ4n) is 3.37. The zero-order chi connectivity index (χ0) is 22.7. The maximum absolute atomic E-state index is 12.7. The number of carbonyl (C=O) groups is 2. The van der Waals surface area contributed by atoms with Crippen molar-refractivity contribution < 1.29 is 9.59 Å². The number of rotatable bonds is 6. The van der Waals surface area contributed by atoms with Crippen molar-refractivity contribution in [1.29, 1.82) is 5.26 Å². The lowest BCUT2D eigenvalue weighted by atomic mass is 9.81. The minimum Gasteiger partial charge on any atom is -0.353 e. The Hall–Kier alpha value is -2.23. The summed E-state index contributed by atoms with van der Waals surface area (Å²) in [6, 6.07) is 14.0. The highest BCUT2D eigenvalue weighted by atomic mass is 35.5. The molecule has 1 unspecified atom stereocenters. The molecule has 0 bridgehead atoms. The van der Waals surface area contributed by atoms with Gasteiger partial charge < -0.3 is 5.32 Å². The van der Waals surface area contributed by atoms with E-state index in [1.54, 1.807) is 43.3 Å². The molecule has 1 atom stereocenters. The number of hydrogen-bond acceptors (Lipinski definition) is 5. The van der Waals surface area contributed by atoms with Crippen LogP contribution in [0.1, 0.15) is 35.7 Å². The van der Waals surface area contributed by atoms with Gasteiger partial charge in [0.15, 0.2) is 11.6 Å². The highest BCUT2D eigenvalue weighted by Crippen LogP contribution is 2.41. The van der Waals surface area contributed by atoms with Crippen LogP contribution in [0.4, 0.5) is 0 Å². The lowest BCUT2D eigenvalue weighted by Gasteiger charge is -2.29. The predicted molar refractivity (Wildman–Crippen MR) is 127 cm³/mol. The maximum atomic E-state index is 12.7. The SMILES string of the molecule is CC(=O)C1=C(C)NC(SCC(=O)c2ccc(Cl)c(Cl)c2)=C(C#N)C1c1ccc(Cl)cc1. The molecule has 158 valence electrons. The number of allylic oxidation sites excluding steroid dienone is 3. The van der Waals surface area contributed by atoms with Crippen LogP contribution in [0.5, 0.6) is 0 Å². The van der Waals surface area contributed by atoms with Gasteiger partial charge in [-0.1, -0.05) is 58.7 Å². The smallest absolute Gasteiger partial charge is 0.173 e. The van der Waals surface area contributed by atoms with E-state index in [4.69, 9.17) is 34.8 Å². The molecule has 0 saturated heterocycles. The quantitative estimate of drug-likeness (QED) is 0.464. The first-order valence-electron chi connectivity index (χ1n) is 9.22. The number of nitriles is 1. The minimum atomic E-state index is -0.538. The van der Waals surface area contributed by atoms with E-state index in [9.17, 15) is 14.9 Å². The van der Waals surface area contributed by atoms with Crippen molar-refractivity contribution in [2.24, 2.45) is 0 Å². The van der Waals surface area contributed by atoms with Gasteiger partial charge in [-0.3, -0.25) is 9.59 Å². The monoisotopic (exact) mass is 490 g/mol. The molecule has 0 saturated carbocycles. The van der Waals surface area contributed by atoms with E-state index >= 15 is 0 Å². The first kappa shape index (κ1) is 23.4. The third-order valence-electron chi connectivity index (χ3n) is 4.82. The van der Waals surface area contributed by atoms with E-state index in [0.29, 0.717) is 42.5 Å². The maximum Gasteiger partial charge on any atom is 0.173 e. The molecule has 4 nitrogen and oxygen atoms in total. The first-order valence-corrected chi connectivity index (χ1v) is 11.3. The largest absolute Gasteiger partial charge is 0.353 e. The summed E-state index contributed by atoms with van der Waals surface area (Å²) in [7, 11) is 0. The average Bonchev–Trinajstić information content (AvgIpc) is 2.73. The second-order valence-corrected chi connectivity index (χ2v) is 9.14. The Bertz CT molecular complexity index is 1160. The Morgan fingerprint density at radius 3 is 2.35 bits per heavy atom. The molecule has 1 aliphatic rings. The molecule has 2 aromatic rings. The lowest BCUT2D eigenvalue weighted by Crippen LogP contribution is -2.27. The van der Waals surface area contributed by atoms with Crippen molar-refractivity contribution in [3.05, 3.63) is 90.5 Å². The molecule has 0 aromatic heterocycles. The Morgan fingerprint density at radius 1 is 1.10 bits per heavy atom. The van der Waals surface area contributed by atoms with Crippen molar-refractivity contribution >= 4 is 58.1 Å². The van der Waals surface area contributed by atoms with E-state index in [2.05, 4.69) is 11.4 Å². The Labute approximate surface area is 199 Å². The van der Waals surface area contributed by atoms with Crippen LogP contribution >= 0.6 is 46.6 Å². The molecule has 1 heterocycles. The molecule has 31 heavy (non-hydrogen) atoms. The van der Waals surface area contributed by atoms with Crippen molar-refractivity contribution in [3.8, 4) is 6.07 Å². The molecular formula is C23H17Cl3N2O2S. The van der Waals surface area contributed by atoms with Gasteiger partial charge in [-0.2, -0.15) is 5.26 Å². The van der Waals surface area contributed by atoms with E-state index in [-0.39, 0.29) is 17.3 Å². The summed E-state index contributed by atoms with van der Waals surface area (Å²) >= 11 is 19.2. The normalized spacial score (nSPS) is 16.1. The summed E-state index contributed by atoms with van der Waals surface area (Å²) in [6.07, 6.45) is 0. The van der Waals surface area contributed by atoms with Crippen LogP contribution < -0.4 is 5.32 Å². The topological polar surface area (TPSA) is 70.0 Å². The third-order valence-corrected chi connectivity index (χ3v) is 6.83. The number of thioether (sulfide) groups is 1. The highest BCUT2D eigenvalue weighted by molar-refractivity contribution is 8.03. The number of Topliss-reactive ketones (excluding diaryl/α,β-unsaturated/α-hetero) is 2. The fourth-order valence-corrected chi connectivity index (χ4v) is 4.78. The molecule has 1 N–H and O–H groups in total. The number of nitrogens with one attached hydrogen (secondary N) is 1. The number of ketones is 2. The second kappa shape index (κ2) is 9.93. The molecule has 0 aliphatic carbocycles. The van der Waals surface area contributed by atoms with Crippen LogP contribution in [0.25, 0.3) is 0 Å². The standard InChI is InChI=1S/C23H17Cl3N2O2S/c1-12-21(13(2)29)22(14-3-6-16(24)7-4-14)17(10-27)23(28-12)31-11-20(30)15-5-8-18(25)19(26)9-15/h3-9,22,28H,11H2,1-2H3.